The normalized spacial score (nSPS) is 15.1. The number of ether oxygens (including phenoxy) is 3. The zero-order valence-electron chi connectivity index (χ0n) is 88.5. The van der Waals surface area contributed by atoms with Crippen molar-refractivity contribution in [1.82, 2.24) is 46.6 Å². The average molecular weight is 2140 g/mol. The summed E-state index contributed by atoms with van der Waals surface area (Å²) >= 11 is 41.2. The fourth-order valence-electron chi connectivity index (χ4n) is 15.9. The lowest BCUT2D eigenvalue weighted by molar-refractivity contribution is -0.135. The molecule has 0 unspecified atom stereocenters. The SMILES string of the molecule is CC(C)C(=O)[C@@H](Cc1ccc(Cl)cc1)N(C)C.CC(C)C(=O)[C@@H](Cc1ccc(Cl)cc1)NC1CCOCC1.CC(C)C(=O)[C@@H](Cc1ccc(Cl)cc1)NCC(=O)N(C)C.CC(C)C(=O)[C@@H](Cc1ccc(Cl)cc1)NCCC(F)(F)F.CC(C)C(=O)[C@@H](Cc1ccc(Cl)cc1)NCCC1CCOCC1.CC(C)C(=O)[C@@H](Cc1ccc(Cl)cc1)NCCN1CCOCC1.CC(C)N[C@H](Cc1ccc(Cl)cc1)C(=O)C(C)C. The quantitative estimate of drug-likeness (QED) is 0.0208. The van der Waals surface area contributed by atoms with Crippen molar-refractivity contribution in [2.75, 3.05) is 114 Å². The number of amides is 1. The summed E-state index contributed by atoms with van der Waals surface area (Å²) in [6.45, 7) is 40.3. The minimum absolute atomic E-state index is 0.0307. The molecule has 7 aromatic carbocycles. The van der Waals surface area contributed by atoms with Gasteiger partial charge in [0.15, 0.2) is 40.5 Å². The molecule has 1 amide bonds. The van der Waals surface area contributed by atoms with Crippen LogP contribution in [0.15, 0.2) is 170 Å². The van der Waals surface area contributed by atoms with Crippen LogP contribution in [-0.4, -0.2) is 235 Å². The second-order valence-corrected chi connectivity index (χ2v) is 43.1. The van der Waals surface area contributed by atoms with Crippen molar-refractivity contribution in [2.24, 2.45) is 47.3 Å². The number of halogens is 10. The first kappa shape index (κ1) is 129. The number of nitrogens with zero attached hydrogens (tertiary/aromatic N) is 3. The molecule has 3 fully saturated rings. The minimum atomic E-state index is -4.22. The van der Waals surface area contributed by atoms with Gasteiger partial charge in [-0.1, -0.05) is 277 Å². The second-order valence-electron chi connectivity index (χ2n) is 40.1. The van der Waals surface area contributed by atoms with Crippen molar-refractivity contribution in [3.63, 3.8) is 0 Å². The number of hydrogen-bond acceptors (Lipinski definition) is 19. The second kappa shape index (κ2) is 70.2. The number of likely N-dealkylation sites (N-methyl/N-ethyl adjacent to an activating group) is 2. The van der Waals surface area contributed by atoms with Crippen molar-refractivity contribution in [3.8, 4) is 0 Å². The highest BCUT2D eigenvalue weighted by Gasteiger charge is 2.32. The van der Waals surface area contributed by atoms with E-state index in [4.69, 9.17) is 95.4 Å². The first-order valence-corrected chi connectivity index (χ1v) is 53.5. The smallest absolute Gasteiger partial charge is 0.381 e. The maximum Gasteiger partial charge on any atom is 0.390 e. The molecular weight excluding hydrogens is 1980 g/mol. The molecule has 6 N–H and O–H groups in total. The first-order valence-electron chi connectivity index (χ1n) is 50.8. The summed E-state index contributed by atoms with van der Waals surface area (Å²) in [6.07, 6.45) is 4.67. The molecule has 10 rings (SSSR count). The van der Waals surface area contributed by atoms with Crippen LogP contribution in [0, 0.1) is 47.3 Å². The molecule has 0 radical (unpaired) electrons. The summed E-state index contributed by atoms with van der Waals surface area (Å²) in [5.74, 6) is 1.97. The van der Waals surface area contributed by atoms with Crippen LogP contribution >= 0.6 is 81.2 Å². The van der Waals surface area contributed by atoms with Crippen LogP contribution in [-0.2, 0) is 97.5 Å². The molecule has 3 aliphatic heterocycles. The van der Waals surface area contributed by atoms with Crippen LogP contribution in [0.25, 0.3) is 0 Å². The Kier molecular flexibility index (Phi) is 63.1. The third kappa shape index (κ3) is 54.5. The molecule has 3 aliphatic rings. The maximum atomic E-state index is 12.5. The summed E-state index contributed by atoms with van der Waals surface area (Å²) < 4.78 is 52.7. The van der Waals surface area contributed by atoms with E-state index in [1.54, 1.807) is 64.3 Å². The molecule has 0 aromatic heterocycles. The molecule has 144 heavy (non-hydrogen) atoms. The molecule has 3 saturated heterocycles. The molecule has 800 valence electrons. The standard InChI is InChI=1S/C19H28ClNO2.C18H27ClN2O2.C17H24ClNO2.C16H23ClN2O2.C15H19ClF3NO.C15H22ClNO.C14H20ClNO/c1-14(2)19(22)18(13-16-3-5-17(20)6-4-16)21-10-7-15-8-11-23-12-9-15;1-14(2)18(22)17(13-15-3-5-16(19)6-4-15)20-7-8-21-9-11-23-12-10-21;1-12(2)17(20)16(19-15-7-9-21-10-8-15)11-13-3-5-14(18)6-4-13;1-11(2)16(21)14(18-10-15(20)19(3)4)9-12-5-7-13(17)8-6-12;1-10(2)14(21)13(20-8-7-15(17,18)19)9-11-3-5-12(16)6-4-11;1-10(2)15(18)14(17-11(3)4)9-12-5-7-13(16)8-6-12;1-10(2)14(17)13(16(3)4)9-11-5-7-12(15)8-6-11/h3-6,14-15,18,21H,7-13H2,1-2H3;3-6,14,17,20H,7-13H2,1-2H3;3-6,12,15-16,19H,7-11H2,1-2H3;5-8,11,14,18H,9-10H2,1-4H3;3-6,10,13,20H,7-9H2,1-2H3;5-8,10-11,14,17H,9H2,1-4H3;5-8,10,13H,9H2,1-4H3/t18-;17-;16-;14-;13-;14-;13-/m1111111/s1. The maximum absolute atomic E-state index is 12.5. The van der Waals surface area contributed by atoms with Gasteiger partial charge < -0.3 is 45.7 Å². The fourth-order valence-corrected chi connectivity index (χ4v) is 16.8. The van der Waals surface area contributed by atoms with E-state index in [0.29, 0.717) is 54.2 Å². The summed E-state index contributed by atoms with van der Waals surface area (Å²) in [7, 11) is 7.28. The summed E-state index contributed by atoms with van der Waals surface area (Å²) in [5.41, 5.74) is 7.56. The number of rotatable bonds is 47. The number of hydrogen-bond donors (Lipinski definition) is 6. The van der Waals surface area contributed by atoms with E-state index in [1.807, 2.05) is 236 Å². The monoisotopic (exact) mass is 2140 g/mol. The molecule has 0 saturated carbocycles. The van der Waals surface area contributed by atoms with Crippen molar-refractivity contribution < 1.29 is 65.7 Å². The van der Waals surface area contributed by atoms with E-state index in [0.717, 1.165) is 187 Å². The Bertz CT molecular complexity index is 4720. The molecule has 7 atom stereocenters. The van der Waals surface area contributed by atoms with Gasteiger partial charge in [0.2, 0.25) is 5.91 Å². The molecular formula is C114H163Cl7F3N9O11. The largest absolute Gasteiger partial charge is 0.390 e. The predicted octanol–water partition coefficient (Wildman–Crippen LogP) is 22.2. The van der Waals surface area contributed by atoms with Crippen LogP contribution in [0.1, 0.15) is 188 Å². The molecule has 3 heterocycles. The van der Waals surface area contributed by atoms with E-state index in [1.165, 1.54) is 4.90 Å². The lowest BCUT2D eigenvalue weighted by Crippen LogP contribution is -2.48. The van der Waals surface area contributed by atoms with Crippen LogP contribution in [0.4, 0.5) is 13.2 Å². The highest BCUT2D eigenvalue weighted by molar-refractivity contribution is 6.32. The Morgan fingerprint density at radius 3 is 0.903 bits per heavy atom. The van der Waals surface area contributed by atoms with Gasteiger partial charge in [0.25, 0.3) is 0 Å². The van der Waals surface area contributed by atoms with Gasteiger partial charge in [0.1, 0.15) is 0 Å². The molecule has 30 heteroatoms. The zero-order valence-corrected chi connectivity index (χ0v) is 93.8. The summed E-state index contributed by atoms with van der Waals surface area (Å²) in [4.78, 5) is 104. The van der Waals surface area contributed by atoms with Gasteiger partial charge in [-0.2, -0.15) is 13.2 Å². The molecule has 0 spiro atoms. The molecule has 20 nitrogen and oxygen atoms in total. The molecule has 0 aliphatic carbocycles. The average Bonchev–Trinajstić information content (AvgIpc) is 0.860. The van der Waals surface area contributed by atoms with Gasteiger partial charge in [-0.15, -0.1) is 0 Å². The van der Waals surface area contributed by atoms with E-state index < -0.39 is 18.6 Å². The lowest BCUT2D eigenvalue weighted by Gasteiger charge is -2.29. The van der Waals surface area contributed by atoms with Gasteiger partial charge in [-0.3, -0.25) is 53.5 Å². The third-order valence-corrected chi connectivity index (χ3v) is 26.4. The first-order chi connectivity index (χ1) is 68.0. The van der Waals surface area contributed by atoms with Gasteiger partial charge in [0, 0.05) is 162 Å². The van der Waals surface area contributed by atoms with Crippen LogP contribution < -0.4 is 31.9 Å². The third-order valence-electron chi connectivity index (χ3n) is 24.7. The predicted molar refractivity (Wildman–Crippen MR) is 587 cm³/mol. The number of alkyl halides is 3. The molecule has 0 bridgehead atoms. The number of ketones is 7. The number of morpholine rings is 1. The highest BCUT2D eigenvalue weighted by atomic mass is 35.5. The van der Waals surface area contributed by atoms with E-state index in [2.05, 4.69) is 50.6 Å². The number of benzene rings is 7. The van der Waals surface area contributed by atoms with Crippen LogP contribution in [0.3, 0.4) is 0 Å². The topological polar surface area (TPSA) is 246 Å². The Hall–Kier alpha value is -6.92. The number of carbonyl (C=O) groups excluding carboxylic acids is 8. The number of Topliss-reactive ketones (excluding diaryl/α,β-unsaturated/α-hetero) is 7. The van der Waals surface area contributed by atoms with Crippen LogP contribution in [0.2, 0.25) is 35.2 Å². The van der Waals surface area contributed by atoms with Gasteiger partial charge >= 0.3 is 6.18 Å². The summed E-state index contributed by atoms with van der Waals surface area (Å²) in [5, 5.41) is 24.5. The van der Waals surface area contributed by atoms with Crippen molar-refractivity contribution >= 4 is 128 Å². The van der Waals surface area contributed by atoms with Gasteiger partial charge in [-0.25, -0.2) is 0 Å². The van der Waals surface area contributed by atoms with Crippen molar-refractivity contribution in [1.29, 1.82) is 0 Å². The minimum Gasteiger partial charge on any atom is -0.381 e. The van der Waals surface area contributed by atoms with E-state index in [-0.39, 0.29) is 137 Å². The van der Waals surface area contributed by atoms with Gasteiger partial charge in [-0.05, 0) is 227 Å². The Morgan fingerprint density at radius 1 is 0.340 bits per heavy atom. The molecule has 7 aromatic rings. The highest BCUT2D eigenvalue weighted by Crippen LogP contribution is 2.26. The van der Waals surface area contributed by atoms with E-state index in [9.17, 15) is 51.5 Å². The Morgan fingerprint density at radius 2 is 0.604 bits per heavy atom. The van der Waals surface area contributed by atoms with Crippen molar-refractivity contribution in [3.05, 3.63) is 244 Å². The van der Waals surface area contributed by atoms with Crippen molar-refractivity contribution in [2.45, 2.75) is 255 Å². The zero-order chi connectivity index (χ0) is 107. The summed E-state index contributed by atoms with van der Waals surface area (Å²) in [6, 6.07) is 52.1. The number of carbonyl (C=O) groups is 8. The number of nitrogens with one attached hydrogen (secondary N) is 6. The Balaban J connectivity index is 0.000000351. The van der Waals surface area contributed by atoms with Crippen LogP contribution in [0.5, 0.6) is 0 Å². The van der Waals surface area contributed by atoms with E-state index >= 15 is 0 Å². The Labute approximate surface area is 893 Å². The fraction of sp³-hybridized carbons (Fsp3) is 0.561. The lowest BCUT2D eigenvalue weighted by atomic mass is 9.94. The van der Waals surface area contributed by atoms with Gasteiger partial charge in [0.05, 0.1) is 68.5 Å².